The third-order valence-electron chi connectivity index (χ3n) is 3.25. The summed E-state index contributed by atoms with van der Waals surface area (Å²) in [5.74, 6) is 0.179. The quantitative estimate of drug-likeness (QED) is 0.879. The van der Waals surface area contributed by atoms with Crippen LogP contribution in [-0.4, -0.2) is 28.0 Å². The number of aliphatic hydroxyl groups is 1. The highest BCUT2D eigenvalue weighted by Crippen LogP contribution is 2.35. The third kappa shape index (κ3) is 2.53. The number of hydrogen-bond acceptors (Lipinski definition) is 3. The number of rotatable bonds is 2. The normalized spacial score (nSPS) is 23.2. The van der Waals surface area contributed by atoms with Gasteiger partial charge in [0.15, 0.2) is 0 Å². The minimum atomic E-state index is -0.508. The third-order valence-corrected chi connectivity index (χ3v) is 4.19. The SMILES string of the molecule is CC(C)(C)N1CC(C(O)c2cccs2)CC1=O. The highest BCUT2D eigenvalue weighted by Gasteiger charge is 2.39. The molecule has 0 radical (unpaired) electrons. The van der Waals surface area contributed by atoms with Crippen molar-refractivity contribution in [2.75, 3.05) is 6.54 Å². The van der Waals surface area contributed by atoms with Gasteiger partial charge >= 0.3 is 0 Å². The lowest BCUT2D eigenvalue weighted by molar-refractivity contribution is -0.131. The number of carbonyl (C=O) groups excluding carboxylic acids is 1. The molecule has 0 bridgehead atoms. The van der Waals surface area contributed by atoms with E-state index in [1.807, 2.05) is 43.2 Å². The monoisotopic (exact) mass is 253 g/mol. The summed E-state index contributed by atoms with van der Waals surface area (Å²) in [6.07, 6.45) is -0.0534. The molecule has 1 aromatic heterocycles. The van der Waals surface area contributed by atoms with Crippen molar-refractivity contribution in [1.29, 1.82) is 0 Å². The molecule has 2 heterocycles. The molecule has 2 rings (SSSR count). The topological polar surface area (TPSA) is 40.5 Å². The molecule has 1 saturated heterocycles. The largest absolute Gasteiger partial charge is 0.387 e. The first-order valence-electron chi connectivity index (χ1n) is 5.91. The predicted octanol–water partition coefficient (Wildman–Crippen LogP) is 2.43. The molecule has 17 heavy (non-hydrogen) atoms. The van der Waals surface area contributed by atoms with Gasteiger partial charge in [0.1, 0.15) is 0 Å². The van der Waals surface area contributed by atoms with Crippen LogP contribution < -0.4 is 0 Å². The Hall–Kier alpha value is -0.870. The van der Waals surface area contributed by atoms with Crippen LogP contribution in [0.15, 0.2) is 17.5 Å². The molecular formula is C13H19NO2S. The number of hydrogen-bond donors (Lipinski definition) is 1. The van der Waals surface area contributed by atoms with Crippen LogP contribution in [-0.2, 0) is 4.79 Å². The van der Waals surface area contributed by atoms with Gasteiger partial charge in [-0.25, -0.2) is 0 Å². The highest BCUT2D eigenvalue weighted by molar-refractivity contribution is 7.10. The first-order valence-corrected chi connectivity index (χ1v) is 6.79. The van der Waals surface area contributed by atoms with Gasteiger partial charge in [0.05, 0.1) is 6.10 Å². The van der Waals surface area contributed by atoms with E-state index in [4.69, 9.17) is 0 Å². The Morgan fingerprint density at radius 2 is 2.24 bits per heavy atom. The van der Waals surface area contributed by atoms with Crippen LogP contribution in [0.4, 0.5) is 0 Å². The van der Waals surface area contributed by atoms with E-state index in [9.17, 15) is 9.90 Å². The van der Waals surface area contributed by atoms with Gasteiger partial charge in [-0.1, -0.05) is 6.07 Å². The van der Waals surface area contributed by atoms with E-state index in [1.54, 1.807) is 11.3 Å². The highest BCUT2D eigenvalue weighted by atomic mass is 32.1. The van der Waals surface area contributed by atoms with Gasteiger partial charge in [-0.3, -0.25) is 4.79 Å². The van der Waals surface area contributed by atoms with Crippen molar-refractivity contribution in [3.63, 3.8) is 0 Å². The van der Waals surface area contributed by atoms with Crippen LogP contribution in [0.25, 0.3) is 0 Å². The van der Waals surface area contributed by atoms with E-state index >= 15 is 0 Å². The lowest BCUT2D eigenvalue weighted by Crippen LogP contribution is -2.42. The Balaban J connectivity index is 2.09. The van der Waals surface area contributed by atoms with E-state index in [-0.39, 0.29) is 17.4 Å². The zero-order chi connectivity index (χ0) is 12.6. The molecule has 1 aliphatic heterocycles. The average molecular weight is 253 g/mol. The Labute approximate surface area is 106 Å². The maximum absolute atomic E-state index is 11.9. The van der Waals surface area contributed by atoms with E-state index in [0.29, 0.717) is 13.0 Å². The van der Waals surface area contributed by atoms with E-state index < -0.39 is 6.10 Å². The summed E-state index contributed by atoms with van der Waals surface area (Å²) in [5.41, 5.74) is -0.152. The molecule has 1 aromatic rings. The van der Waals surface area contributed by atoms with Crippen LogP contribution in [0, 0.1) is 5.92 Å². The first kappa shape index (κ1) is 12.6. The fourth-order valence-electron chi connectivity index (χ4n) is 2.29. The maximum Gasteiger partial charge on any atom is 0.223 e. The molecule has 4 heteroatoms. The molecule has 3 nitrogen and oxygen atoms in total. The van der Waals surface area contributed by atoms with Gasteiger partial charge in [0, 0.05) is 29.3 Å². The second-order valence-corrected chi connectivity index (χ2v) is 6.58. The smallest absolute Gasteiger partial charge is 0.223 e. The number of nitrogens with zero attached hydrogens (tertiary/aromatic N) is 1. The van der Waals surface area contributed by atoms with Crippen LogP contribution in [0.5, 0.6) is 0 Å². The second-order valence-electron chi connectivity index (χ2n) is 5.60. The average Bonchev–Trinajstić information content (AvgIpc) is 2.83. The second kappa shape index (κ2) is 4.42. The molecule has 0 spiro atoms. The molecule has 2 unspecified atom stereocenters. The number of amides is 1. The number of aliphatic hydroxyl groups excluding tert-OH is 1. The van der Waals surface area contributed by atoms with Crippen molar-refractivity contribution in [2.24, 2.45) is 5.92 Å². The maximum atomic E-state index is 11.9. The van der Waals surface area contributed by atoms with Crippen molar-refractivity contribution in [3.8, 4) is 0 Å². The summed E-state index contributed by atoms with van der Waals surface area (Å²) in [6.45, 7) is 6.75. The zero-order valence-corrected chi connectivity index (χ0v) is 11.3. The molecule has 1 fully saturated rings. The number of thiophene rings is 1. The Morgan fingerprint density at radius 1 is 1.53 bits per heavy atom. The Bertz CT molecular complexity index is 394. The first-order chi connectivity index (χ1) is 7.89. The standard InChI is InChI=1S/C13H19NO2S/c1-13(2,3)14-8-9(7-11(14)15)12(16)10-5-4-6-17-10/h4-6,9,12,16H,7-8H2,1-3H3. The minimum Gasteiger partial charge on any atom is -0.387 e. The number of carbonyl (C=O) groups is 1. The molecule has 1 aliphatic rings. The minimum absolute atomic E-state index is 0.0281. The van der Waals surface area contributed by atoms with Crippen molar-refractivity contribution >= 4 is 17.2 Å². The van der Waals surface area contributed by atoms with Crippen LogP contribution in [0.1, 0.15) is 38.2 Å². The summed E-state index contributed by atoms with van der Waals surface area (Å²) >= 11 is 1.55. The van der Waals surface area contributed by atoms with Gasteiger partial charge in [0.2, 0.25) is 5.91 Å². The van der Waals surface area contributed by atoms with Crippen molar-refractivity contribution in [2.45, 2.75) is 38.8 Å². The fourth-order valence-corrected chi connectivity index (χ4v) is 3.09. The number of likely N-dealkylation sites (tertiary alicyclic amines) is 1. The molecule has 0 aliphatic carbocycles. The molecule has 1 amide bonds. The van der Waals surface area contributed by atoms with E-state index in [2.05, 4.69) is 0 Å². The van der Waals surface area contributed by atoms with Gasteiger partial charge in [-0.15, -0.1) is 11.3 Å². The van der Waals surface area contributed by atoms with Gasteiger partial charge in [0.25, 0.3) is 0 Å². The lowest BCUT2D eigenvalue weighted by Gasteiger charge is -2.32. The predicted molar refractivity (Wildman–Crippen MR) is 68.9 cm³/mol. The molecule has 94 valence electrons. The molecule has 2 atom stereocenters. The molecule has 0 aromatic carbocycles. The van der Waals surface area contributed by atoms with Crippen LogP contribution >= 0.6 is 11.3 Å². The molecule has 1 N–H and O–H groups in total. The van der Waals surface area contributed by atoms with Gasteiger partial charge < -0.3 is 10.0 Å². The lowest BCUT2D eigenvalue weighted by atomic mass is 10.00. The van der Waals surface area contributed by atoms with Gasteiger partial charge in [-0.05, 0) is 32.2 Å². The fraction of sp³-hybridized carbons (Fsp3) is 0.615. The summed E-state index contributed by atoms with van der Waals surface area (Å²) < 4.78 is 0. The van der Waals surface area contributed by atoms with Crippen LogP contribution in [0.3, 0.4) is 0 Å². The van der Waals surface area contributed by atoms with Crippen LogP contribution in [0.2, 0.25) is 0 Å². The van der Waals surface area contributed by atoms with E-state index in [1.165, 1.54) is 0 Å². The van der Waals surface area contributed by atoms with Crippen molar-refractivity contribution in [3.05, 3.63) is 22.4 Å². The summed E-state index contributed by atoms with van der Waals surface area (Å²) in [6, 6.07) is 3.86. The molecular weight excluding hydrogens is 234 g/mol. The van der Waals surface area contributed by atoms with E-state index in [0.717, 1.165) is 4.88 Å². The molecule has 0 saturated carbocycles. The Kier molecular flexibility index (Phi) is 3.27. The van der Waals surface area contributed by atoms with Gasteiger partial charge in [-0.2, -0.15) is 0 Å². The van der Waals surface area contributed by atoms with Crippen molar-refractivity contribution in [1.82, 2.24) is 4.90 Å². The summed E-state index contributed by atoms with van der Waals surface area (Å²) in [4.78, 5) is 14.8. The summed E-state index contributed by atoms with van der Waals surface area (Å²) in [7, 11) is 0. The zero-order valence-electron chi connectivity index (χ0n) is 10.5. The summed E-state index contributed by atoms with van der Waals surface area (Å²) in [5, 5.41) is 12.2. The Morgan fingerprint density at radius 3 is 2.71 bits per heavy atom. The van der Waals surface area contributed by atoms with Crippen molar-refractivity contribution < 1.29 is 9.90 Å².